The normalized spacial score (nSPS) is 19.8. The van der Waals surface area contributed by atoms with Gasteiger partial charge in [-0.05, 0) is 294 Å². The van der Waals surface area contributed by atoms with Crippen LogP contribution in [0.1, 0.15) is 445 Å². The molecule has 5 rings (SSSR count). The molecule has 3 aliphatic carbocycles. The summed E-state index contributed by atoms with van der Waals surface area (Å²) in [7, 11) is 0. The van der Waals surface area contributed by atoms with Crippen molar-refractivity contribution in [3.8, 4) is 0 Å². The maximum absolute atomic E-state index is 12.5. The lowest BCUT2D eigenvalue weighted by Crippen LogP contribution is -2.41. The Labute approximate surface area is 744 Å². The summed E-state index contributed by atoms with van der Waals surface area (Å²) in [5, 5.41) is 8.44. The van der Waals surface area contributed by atoms with E-state index in [0.717, 1.165) is 64.2 Å². The van der Waals surface area contributed by atoms with Gasteiger partial charge in [-0.25, -0.2) is 0 Å². The summed E-state index contributed by atoms with van der Waals surface area (Å²) in [6, 6.07) is 7.21. The smallest absolute Gasteiger partial charge is 0.312 e. The van der Waals surface area contributed by atoms with E-state index in [-0.39, 0.29) is 139 Å². The molecule has 0 spiro atoms. The number of fused-ring (bicyclic) bond motifs is 1. The molecule has 1 aromatic carbocycles. The molecule has 16 heteroatoms. The Balaban J connectivity index is -0.00000133. The molecular formula is C105H194O16. The third kappa shape index (κ3) is 40.2. The lowest BCUT2D eigenvalue weighted by atomic mass is 9.62. The van der Waals surface area contributed by atoms with Gasteiger partial charge in [-0.2, -0.15) is 0 Å². The standard InChI is InChI=1S/C20H38O2.C18H30.C14H20O4.2C13H26O2.C12H24O2.C9H18O2.C6H12O2/c1-10-20(8,9)17(21)22-16-12-14(18(2,3)4)11-15(13-16)19(5,6)7;1-9-13(2)14-10-15(17(3,4)5)12-16(11-14)18(6,7)8;1-4-14(2,3)13(16)18-10-7-5-8-9(6-7)12(15)17-11(8)10;2*1-8-13(6,7)12(14)15-11(9(2)3)10(4)5;1-8-11(4,5)10(13)14-12(6,7)9(2)3;1-6-9(4,5)8(10)11-7(2)3;1-4-6(2,3)5(7)8/h14-16H,10-13H2,1-9H3;10-13H,9H2,1-8H3;7-11H,4-6H2,1-3H3;2*9-11H,8H2,1-7H3;9H,8H2,1-7H3;7H,6H2,1-5H3;4H2,1-3H3,(H,7,8). The third-order valence-electron chi connectivity index (χ3n) is 27.2. The second kappa shape index (κ2) is 49.3. The maximum atomic E-state index is 12.5. The second-order valence-electron chi connectivity index (χ2n) is 47.1. The zero-order chi connectivity index (χ0) is 96.4. The van der Waals surface area contributed by atoms with Crippen LogP contribution in [0.2, 0.25) is 0 Å². The molecule has 1 saturated heterocycles. The molecule has 0 aromatic heterocycles. The van der Waals surface area contributed by atoms with Crippen LogP contribution in [-0.4, -0.2) is 95.1 Å². The van der Waals surface area contributed by atoms with Gasteiger partial charge >= 0.3 is 47.8 Å². The van der Waals surface area contributed by atoms with E-state index in [2.05, 4.69) is 191 Å². The Hall–Kier alpha value is -5.02. The molecule has 710 valence electrons. The first kappa shape index (κ1) is 120. The minimum atomic E-state index is -0.722. The van der Waals surface area contributed by atoms with Crippen LogP contribution < -0.4 is 0 Å². The monoisotopic (exact) mass is 1710 g/mol. The number of carbonyl (C=O) groups is 8. The third-order valence-corrected chi connectivity index (χ3v) is 27.2. The molecule has 1 aromatic rings. The molecule has 8 unspecified atom stereocenters. The highest BCUT2D eigenvalue weighted by molar-refractivity contribution is 5.80. The molecule has 0 radical (unpaired) electrons. The van der Waals surface area contributed by atoms with E-state index in [1.54, 1.807) is 13.8 Å². The summed E-state index contributed by atoms with van der Waals surface area (Å²) < 4.78 is 38.8. The number of carboxylic acids is 1. The number of ether oxygens (including phenoxy) is 7. The lowest BCUT2D eigenvalue weighted by molar-refractivity contribution is -0.171. The van der Waals surface area contributed by atoms with E-state index in [9.17, 15) is 38.4 Å². The topological polar surface area (TPSA) is 221 Å². The fraction of sp³-hybridized carbons (Fsp3) is 0.867. The molecule has 16 nitrogen and oxygen atoms in total. The Morgan fingerprint density at radius 3 is 0.983 bits per heavy atom. The summed E-state index contributed by atoms with van der Waals surface area (Å²) in [6.45, 7) is 101. The van der Waals surface area contributed by atoms with Gasteiger partial charge in [0.2, 0.25) is 0 Å². The molecule has 0 amide bonds. The van der Waals surface area contributed by atoms with Crippen molar-refractivity contribution < 1.29 is 76.6 Å². The zero-order valence-corrected chi connectivity index (χ0v) is 87.8. The molecular weight excluding hydrogens is 1520 g/mol. The van der Waals surface area contributed by atoms with Crippen molar-refractivity contribution in [3.63, 3.8) is 0 Å². The van der Waals surface area contributed by atoms with Gasteiger partial charge in [0.05, 0.1) is 49.9 Å². The van der Waals surface area contributed by atoms with Crippen LogP contribution in [0.25, 0.3) is 0 Å². The van der Waals surface area contributed by atoms with E-state index in [1.807, 2.05) is 152 Å². The van der Waals surface area contributed by atoms with Crippen molar-refractivity contribution in [2.24, 2.45) is 108 Å². The van der Waals surface area contributed by atoms with Crippen LogP contribution in [0.4, 0.5) is 0 Å². The lowest BCUT2D eigenvalue weighted by Gasteiger charge is -2.45. The van der Waals surface area contributed by atoms with Gasteiger partial charge in [-0.3, -0.25) is 38.4 Å². The fourth-order valence-corrected chi connectivity index (χ4v) is 13.0. The number of hydrogen-bond donors (Lipinski definition) is 1. The molecule has 3 saturated carbocycles. The van der Waals surface area contributed by atoms with Gasteiger partial charge in [-0.1, -0.05) is 233 Å². The van der Waals surface area contributed by atoms with Crippen LogP contribution >= 0.6 is 0 Å². The molecule has 121 heavy (non-hydrogen) atoms. The first-order valence-electron chi connectivity index (χ1n) is 47.1. The van der Waals surface area contributed by atoms with Crippen molar-refractivity contribution in [2.45, 2.75) is 482 Å². The van der Waals surface area contributed by atoms with Gasteiger partial charge in [-0.15, -0.1) is 0 Å². The highest BCUT2D eigenvalue weighted by Crippen LogP contribution is 2.56. The summed E-state index contributed by atoms with van der Waals surface area (Å²) in [5.41, 5.74) is 2.27. The number of benzene rings is 1. The van der Waals surface area contributed by atoms with E-state index in [1.165, 1.54) is 29.5 Å². The Morgan fingerprint density at radius 1 is 0.397 bits per heavy atom. The molecule has 8 atom stereocenters. The highest BCUT2D eigenvalue weighted by Gasteiger charge is 2.63. The molecule has 1 N–H and O–H groups in total. The van der Waals surface area contributed by atoms with Crippen LogP contribution in [0, 0.1) is 108 Å². The second-order valence-corrected chi connectivity index (χ2v) is 47.1. The van der Waals surface area contributed by atoms with Crippen molar-refractivity contribution >= 4 is 47.8 Å². The summed E-state index contributed by atoms with van der Waals surface area (Å²) >= 11 is 0. The largest absolute Gasteiger partial charge is 0.481 e. The number of carbonyl (C=O) groups excluding carboxylic acids is 7. The van der Waals surface area contributed by atoms with Crippen LogP contribution in [-0.2, 0) is 82.3 Å². The molecule has 4 fully saturated rings. The molecule has 4 aliphatic rings. The summed E-state index contributed by atoms with van der Waals surface area (Å²) in [4.78, 5) is 93.3. The van der Waals surface area contributed by atoms with Gasteiger partial charge in [0, 0.05) is 11.8 Å². The van der Waals surface area contributed by atoms with Crippen molar-refractivity contribution in [3.05, 3.63) is 34.9 Å². The van der Waals surface area contributed by atoms with Gasteiger partial charge in [0.25, 0.3) is 0 Å². The van der Waals surface area contributed by atoms with E-state index >= 15 is 0 Å². The van der Waals surface area contributed by atoms with Crippen molar-refractivity contribution in [1.29, 1.82) is 0 Å². The first-order chi connectivity index (χ1) is 54.2. The van der Waals surface area contributed by atoms with Crippen molar-refractivity contribution in [1.82, 2.24) is 0 Å². The van der Waals surface area contributed by atoms with Crippen molar-refractivity contribution in [2.75, 3.05) is 0 Å². The van der Waals surface area contributed by atoms with E-state index < -0.39 is 16.8 Å². The maximum Gasteiger partial charge on any atom is 0.312 e. The van der Waals surface area contributed by atoms with Gasteiger partial charge < -0.3 is 38.3 Å². The van der Waals surface area contributed by atoms with Crippen LogP contribution in [0.5, 0.6) is 0 Å². The number of aliphatic carboxylic acids is 1. The van der Waals surface area contributed by atoms with Gasteiger partial charge in [0.1, 0.15) is 36.1 Å². The molecule has 1 heterocycles. The van der Waals surface area contributed by atoms with E-state index in [4.69, 9.17) is 38.3 Å². The highest BCUT2D eigenvalue weighted by atomic mass is 16.6. The zero-order valence-electron chi connectivity index (χ0n) is 87.8. The van der Waals surface area contributed by atoms with Gasteiger partial charge in [0.15, 0.2) is 0 Å². The number of esters is 7. The predicted molar refractivity (Wildman–Crippen MR) is 503 cm³/mol. The fourth-order valence-electron chi connectivity index (χ4n) is 13.0. The summed E-state index contributed by atoms with van der Waals surface area (Å²) in [6.07, 6.45) is 11.6. The molecule has 1 aliphatic heterocycles. The Morgan fingerprint density at radius 2 is 0.711 bits per heavy atom. The number of hydrogen-bond acceptors (Lipinski definition) is 15. The van der Waals surface area contributed by atoms with Crippen LogP contribution in [0.3, 0.4) is 0 Å². The quantitative estimate of drug-likeness (QED) is 0.0639. The first-order valence-corrected chi connectivity index (χ1v) is 47.1. The SMILES string of the molecule is CCC(C)(C)C(=O)O.CCC(C)(C)C(=O)OC(C(C)C)C(C)C.CCC(C)(C)C(=O)OC(C(C)C)C(C)C.CCC(C)(C)C(=O)OC(C)(C)C(C)C.CCC(C)(C)C(=O)OC(C)C.CCC(C)(C)C(=O)OC1C2CC3C(=O)OC1C3C2.CCC(C)(C)C(=O)OC1CC(C(C)(C)C)CC(C(C)(C)C)C1.CCC(C)c1cc(C(C)(C)C)cc(C(C)(C)C)c1. The van der Waals surface area contributed by atoms with Crippen LogP contribution in [0.15, 0.2) is 18.2 Å². The Bertz CT molecular complexity index is 3170. The number of carboxylic acid groups (broad SMARTS) is 1. The average molecular weight is 1710 g/mol. The minimum Gasteiger partial charge on any atom is -0.481 e. The Kier molecular flexibility index (Phi) is 49.0. The number of rotatable bonds is 27. The van der Waals surface area contributed by atoms with E-state index in [0.29, 0.717) is 65.6 Å². The average Bonchev–Trinajstić information content (AvgIpc) is 1.57. The minimum absolute atomic E-state index is 0.00618. The predicted octanol–water partition coefficient (Wildman–Crippen LogP) is 28.1. The molecule has 2 bridgehead atoms. The summed E-state index contributed by atoms with van der Waals surface area (Å²) in [5.74, 6) is 3.08.